The Morgan fingerprint density at radius 3 is 2.86 bits per heavy atom. The Labute approximate surface area is 171 Å². The van der Waals surface area contributed by atoms with E-state index in [2.05, 4.69) is 34.3 Å². The molecule has 5 nitrogen and oxygen atoms in total. The third kappa shape index (κ3) is 4.10. The Hall–Kier alpha value is -2.64. The largest absolute Gasteiger partial charge is 0.497 e. The number of aromatic nitrogens is 2. The highest BCUT2D eigenvalue weighted by Crippen LogP contribution is 2.29. The number of pyridine rings is 1. The number of nitrogens with one attached hydrogen (secondary N) is 1. The minimum Gasteiger partial charge on any atom is -0.497 e. The number of hydrogen-bond acceptors (Lipinski definition) is 6. The topological polar surface area (TPSA) is 64.1 Å². The van der Waals surface area contributed by atoms with Gasteiger partial charge in [-0.05, 0) is 42.8 Å². The predicted octanol–water partition coefficient (Wildman–Crippen LogP) is 5.28. The number of carbonyl (C=O) groups excluding carboxylic acids is 1. The lowest BCUT2D eigenvalue weighted by Gasteiger charge is -2.06. The maximum absolute atomic E-state index is 12.3. The van der Waals surface area contributed by atoms with E-state index in [4.69, 9.17) is 4.74 Å². The lowest BCUT2D eigenvalue weighted by atomic mass is 10.1. The molecule has 2 aromatic carbocycles. The summed E-state index contributed by atoms with van der Waals surface area (Å²) in [4.78, 5) is 21.4. The molecule has 28 heavy (non-hydrogen) atoms. The van der Waals surface area contributed by atoms with Gasteiger partial charge in [0.2, 0.25) is 5.91 Å². The van der Waals surface area contributed by atoms with Crippen molar-refractivity contribution in [3.8, 4) is 5.75 Å². The first-order valence-corrected chi connectivity index (χ1v) is 10.7. The number of para-hydroxylation sites is 1. The molecule has 2 aromatic heterocycles. The van der Waals surface area contributed by atoms with Crippen molar-refractivity contribution in [3.05, 3.63) is 54.1 Å². The number of amides is 1. The van der Waals surface area contributed by atoms with Crippen molar-refractivity contribution >= 4 is 55.3 Å². The number of hydrogen-bond donors (Lipinski definition) is 1. The van der Waals surface area contributed by atoms with E-state index in [0.29, 0.717) is 17.3 Å². The summed E-state index contributed by atoms with van der Waals surface area (Å²) in [5.41, 5.74) is 3.04. The van der Waals surface area contributed by atoms with Crippen molar-refractivity contribution in [3.63, 3.8) is 0 Å². The van der Waals surface area contributed by atoms with Gasteiger partial charge in [0.15, 0.2) is 5.13 Å². The van der Waals surface area contributed by atoms with E-state index in [1.54, 1.807) is 18.9 Å². The lowest BCUT2D eigenvalue weighted by molar-refractivity contribution is -0.115. The molecule has 0 aliphatic rings. The highest BCUT2D eigenvalue weighted by atomic mass is 32.2. The quantitative estimate of drug-likeness (QED) is 0.439. The molecule has 0 radical (unpaired) electrons. The van der Waals surface area contributed by atoms with Crippen LogP contribution in [-0.4, -0.2) is 28.7 Å². The molecule has 0 bridgehead atoms. The molecule has 0 atom stereocenters. The number of carbonyl (C=O) groups is 1. The first-order valence-electron chi connectivity index (χ1n) is 8.86. The monoisotopic (exact) mass is 409 g/mol. The molecule has 7 heteroatoms. The van der Waals surface area contributed by atoms with Crippen molar-refractivity contribution in [2.75, 3.05) is 18.2 Å². The van der Waals surface area contributed by atoms with Crippen molar-refractivity contribution in [2.45, 2.75) is 18.4 Å². The van der Waals surface area contributed by atoms with Crippen molar-refractivity contribution < 1.29 is 9.53 Å². The SMILES string of the molecule is COc1ccc2nc(NC(=O)CCSc3cc(C)c4ccccc4n3)sc2c1. The van der Waals surface area contributed by atoms with Gasteiger partial charge in [0.25, 0.3) is 0 Å². The van der Waals surface area contributed by atoms with Gasteiger partial charge in [-0.15, -0.1) is 11.8 Å². The van der Waals surface area contributed by atoms with E-state index in [9.17, 15) is 4.79 Å². The maximum atomic E-state index is 12.3. The van der Waals surface area contributed by atoms with Crippen molar-refractivity contribution in [2.24, 2.45) is 0 Å². The highest BCUT2D eigenvalue weighted by molar-refractivity contribution is 7.99. The lowest BCUT2D eigenvalue weighted by Crippen LogP contribution is -2.11. The van der Waals surface area contributed by atoms with Gasteiger partial charge in [-0.25, -0.2) is 9.97 Å². The van der Waals surface area contributed by atoms with Gasteiger partial charge in [0.05, 0.1) is 27.9 Å². The van der Waals surface area contributed by atoms with Crippen LogP contribution >= 0.6 is 23.1 Å². The Morgan fingerprint density at radius 2 is 2.00 bits per heavy atom. The molecule has 0 unspecified atom stereocenters. The van der Waals surface area contributed by atoms with E-state index < -0.39 is 0 Å². The molecule has 4 rings (SSSR count). The normalized spacial score (nSPS) is 11.1. The molecule has 0 aliphatic carbocycles. The molecule has 4 aromatic rings. The van der Waals surface area contributed by atoms with Crippen LogP contribution in [0, 0.1) is 6.92 Å². The van der Waals surface area contributed by atoms with E-state index in [1.807, 2.05) is 36.4 Å². The van der Waals surface area contributed by atoms with Crippen LogP contribution in [0.5, 0.6) is 5.75 Å². The zero-order valence-corrected chi connectivity index (χ0v) is 17.2. The zero-order chi connectivity index (χ0) is 19.5. The summed E-state index contributed by atoms with van der Waals surface area (Å²) >= 11 is 3.04. The smallest absolute Gasteiger partial charge is 0.226 e. The van der Waals surface area contributed by atoms with Crippen LogP contribution in [0.4, 0.5) is 5.13 Å². The third-order valence-corrected chi connectivity index (χ3v) is 6.17. The summed E-state index contributed by atoms with van der Waals surface area (Å²) in [6, 6.07) is 15.9. The van der Waals surface area contributed by atoms with Gasteiger partial charge in [-0.2, -0.15) is 0 Å². The average molecular weight is 410 g/mol. The number of fused-ring (bicyclic) bond motifs is 2. The number of benzene rings is 2. The van der Waals surface area contributed by atoms with Gasteiger partial charge in [0, 0.05) is 17.6 Å². The molecule has 0 fully saturated rings. The van der Waals surface area contributed by atoms with E-state index >= 15 is 0 Å². The van der Waals surface area contributed by atoms with Crippen LogP contribution in [0.2, 0.25) is 0 Å². The summed E-state index contributed by atoms with van der Waals surface area (Å²) in [5.74, 6) is 1.40. The zero-order valence-electron chi connectivity index (χ0n) is 15.6. The fourth-order valence-electron chi connectivity index (χ4n) is 2.91. The number of thiazole rings is 1. The Morgan fingerprint density at radius 1 is 1.14 bits per heavy atom. The molecular formula is C21H19N3O2S2. The number of nitrogens with zero attached hydrogens (tertiary/aromatic N) is 2. The highest BCUT2D eigenvalue weighted by Gasteiger charge is 2.10. The van der Waals surface area contributed by atoms with E-state index in [1.165, 1.54) is 16.9 Å². The first kappa shape index (κ1) is 18.7. The summed E-state index contributed by atoms with van der Waals surface area (Å²) in [6.07, 6.45) is 0.400. The Balaban J connectivity index is 1.36. The molecule has 0 aliphatic heterocycles. The minimum atomic E-state index is -0.0453. The summed E-state index contributed by atoms with van der Waals surface area (Å²) in [5, 5.41) is 5.60. The van der Waals surface area contributed by atoms with Gasteiger partial charge in [-0.3, -0.25) is 4.79 Å². The second kappa shape index (κ2) is 8.16. The third-order valence-electron chi connectivity index (χ3n) is 4.32. The summed E-state index contributed by atoms with van der Waals surface area (Å²) in [6.45, 7) is 2.09. The van der Waals surface area contributed by atoms with Gasteiger partial charge in [-0.1, -0.05) is 29.5 Å². The van der Waals surface area contributed by atoms with Gasteiger partial charge >= 0.3 is 0 Å². The average Bonchev–Trinajstić information content (AvgIpc) is 3.09. The minimum absolute atomic E-state index is 0.0453. The van der Waals surface area contributed by atoms with Crippen LogP contribution < -0.4 is 10.1 Å². The van der Waals surface area contributed by atoms with Crippen molar-refractivity contribution in [1.82, 2.24) is 9.97 Å². The number of aryl methyl sites for hydroxylation is 1. The maximum Gasteiger partial charge on any atom is 0.226 e. The number of rotatable bonds is 6. The fraction of sp³-hybridized carbons (Fsp3) is 0.190. The summed E-state index contributed by atoms with van der Waals surface area (Å²) < 4.78 is 6.21. The fourth-order valence-corrected chi connectivity index (χ4v) is 4.74. The molecule has 1 N–H and O–H groups in total. The van der Waals surface area contributed by atoms with Crippen LogP contribution in [-0.2, 0) is 4.79 Å². The molecule has 0 saturated carbocycles. The van der Waals surface area contributed by atoms with Gasteiger partial charge in [0.1, 0.15) is 5.75 Å². The van der Waals surface area contributed by atoms with E-state index in [-0.39, 0.29) is 5.91 Å². The molecule has 0 saturated heterocycles. The summed E-state index contributed by atoms with van der Waals surface area (Å²) in [7, 11) is 1.63. The predicted molar refractivity (Wildman–Crippen MR) is 117 cm³/mol. The van der Waals surface area contributed by atoms with Crippen LogP contribution in [0.1, 0.15) is 12.0 Å². The molecule has 2 heterocycles. The Bertz CT molecular complexity index is 1160. The second-order valence-electron chi connectivity index (χ2n) is 6.29. The van der Waals surface area contributed by atoms with Crippen LogP contribution in [0.25, 0.3) is 21.1 Å². The standard InChI is InChI=1S/C21H19N3O2S2/c1-13-11-20(22-16-6-4-3-5-15(13)16)27-10-9-19(25)24-21-23-17-8-7-14(26-2)12-18(17)28-21/h3-8,11-12H,9-10H2,1-2H3,(H,23,24,25). The Kier molecular flexibility index (Phi) is 5.45. The molecule has 142 valence electrons. The molecular weight excluding hydrogens is 390 g/mol. The van der Waals surface area contributed by atoms with Crippen molar-refractivity contribution in [1.29, 1.82) is 0 Å². The second-order valence-corrected chi connectivity index (χ2v) is 8.44. The number of ether oxygens (including phenoxy) is 1. The number of thioether (sulfide) groups is 1. The van der Waals surface area contributed by atoms with Crippen LogP contribution in [0.15, 0.2) is 53.6 Å². The first-order chi connectivity index (χ1) is 13.6. The molecule has 1 amide bonds. The van der Waals surface area contributed by atoms with E-state index in [0.717, 1.165) is 31.9 Å². The van der Waals surface area contributed by atoms with Gasteiger partial charge < -0.3 is 10.1 Å². The van der Waals surface area contributed by atoms with Crippen LogP contribution in [0.3, 0.4) is 0 Å². The number of anilines is 1. The number of methoxy groups -OCH3 is 1. The molecule has 0 spiro atoms.